The van der Waals surface area contributed by atoms with Crippen LogP contribution in [0.4, 0.5) is 0 Å². The Labute approximate surface area is 161 Å². The smallest absolute Gasteiger partial charge is 0.329 e. The fourth-order valence-corrected chi connectivity index (χ4v) is 4.45. The van der Waals surface area contributed by atoms with Crippen molar-refractivity contribution in [1.29, 1.82) is 0 Å². The Morgan fingerprint density at radius 3 is 2.67 bits per heavy atom. The van der Waals surface area contributed by atoms with E-state index in [4.69, 9.17) is 4.74 Å². The van der Waals surface area contributed by atoms with Crippen molar-refractivity contribution in [2.75, 3.05) is 7.11 Å². The SMILES string of the molecule is CCc1sc2nc(C)n(C(C)(C)C(=O)O)c(=O)c2c1-c1cccc(OC)c1. The highest BCUT2D eigenvalue weighted by Crippen LogP contribution is 2.38. The van der Waals surface area contributed by atoms with Gasteiger partial charge in [0.05, 0.1) is 12.5 Å². The summed E-state index contributed by atoms with van der Waals surface area (Å²) in [5, 5.41) is 10.1. The van der Waals surface area contributed by atoms with Crippen LogP contribution in [0.2, 0.25) is 0 Å². The van der Waals surface area contributed by atoms with E-state index in [0.717, 1.165) is 22.4 Å². The van der Waals surface area contributed by atoms with E-state index in [-0.39, 0.29) is 5.56 Å². The van der Waals surface area contributed by atoms with Gasteiger partial charge in [-0.05, 0) is 44.9 Å². The van der Waals surface area contributed by atoms with E-state index >= 15 is 0 Å². The highest BCUT2D eigenvalue weighted by molar-refractivity contribution is 7.19. The zero-order valence-corrected chi connectivity index (χ0v) is 16.8. The number of carboxylic acids is 1. The second-order valence-electron chi connectivity index (χ2n) is 6.83. The minimum Gasteiger partial charge on any atom is -0.497 e. The molecular formula is C20H22N2O4S. The maximum Gasteiger partial charge on any atom is 0.329 e. The number of carbonyl (C=O) groups is 1. The van der Waals surface area contributed by atoms with Gasteiger partial charge in [-0.3, -0.25) is 9.36 Å². The van der Waals surface area contributed by atoms with Crippen molar-refractivity contribution in [3.63, 3.8) is 0 Å². The third-order valence-corrected chi connectivity index (χ3v) is 5.96. The molecule has 7 heteroatoms. The van der Waals surface area contributed by atoms with Crippen LogP contribution in [0.15, 0.2) is 29.1 Å². The van der Waals surface area contributed by atoms with Crippen LogP contribution < -0.4 is 10.3 Å². The fourth-order valence-electron chi connectivity index (χ4n) is 3.28. The number of ether oxygens (including phenoxy) is 1. The second kappa shape index (κ2) is 6.81. The zero-order valence-electron chi connectivity index (χ0n) is 16.0. The van der Waals surface area contributed by atoms with Crippen molar-refractivity contribution >= 4 is 27.5 Å². The predicted molar refractivity (Wildman–Crippen MR) is 107 cm³/mol. The molecule has 0 atom stereocenters. The summed E-state index contributed by atoms with van der Waals surface area (Å²) in [6.45, 7) is 6.72. The Morgan fingerprint density at radius 1 is 1.37 bits per heavy atom. The van der Waals surface area contributed by atoms with Crippen LogP contribution in [0.3, 0.4) is 0 Å². The lowest BCUT2D eigenvalue weighted by molar-refractivity contribution is -0.145. The van der Waals surface area contributed by atoms with Crippen LogP contribution in [0.25, 0.3) is 21.3 Å². The highest BCUT2D eigenvalue weighted by atomic mass is 32.1. The Balaban J connectivity index is 2.44. The minimum atomic E-state index is -1.40. The Hall–Kier alpha value is -2.67. The third kappa shape index (κ3) is 3.02. The van der Waals surface area contributed by atoms with Crippen molar-refractivity contribution in [2.45, 2.75) is 39.7 Å². The first-order valence-electron chi connectivity index (χ1n) is 8.65. The van der Waals surface area contributed by atoms with E-state index in [1.165, 1.54) is 29.8 Å². The van der Waals surface area contributed by atoms with Crippen LogP contribution in [-0.4, -0.2) is 27.7 Å². The van der Waals surface area contributed by atoms with Gasteiger partial charge in [0.15, 0.2) is 0 Å². The van der Waals surface area contributed by atoms with Crippen molar-refractivity contribution in [3.8, 4) is 16.9 Å². The first-order valence-corrected chi connectivity index (χ1v) is 9.47. The summed E-state index contributed by atoms with van der Waals surface area (Å²) in [4.78, 5) is 31.4. The quantitative estimate of drug-likeness (QED) is 0.721. The predicted octanol–water partition coefficient (Wildman–Crippen LogP) is 3.82. The molecule has 0 aliphatic carbocycles. The average Bonchev–Trinajstić information content (AvgIpc) is 3.00. The largest absolute Gasteiger partial charge is 0.497 e. The van der Waals surface area contributed by atoms with Gasteiger partial charge >= 0.3 is 5.97 Å². The number of fused-ring (bicyclic) bond motifs is 1. The molecule has 0 amide bonds. The summed E-state index contributed by atoms with van der Waals surface area (Å²) in [5.41, 5.74) is -0.0649. The normalized spacial score (nSPS) is 11.7. The molecule has 0 saturated heterocycles. The first-order chi connectivity index (χ1) is 12.7. The van der Waals surface area contributed by atoms with Gasteiger partial charge in [0.25, 0.3) is 5.56 Å². The van der Waals surface area contributed by atoms with Crippen molar-refractivity contribution in [2.24, 2.45) is 0 Å². The number of aliphatic carboxylic acids is 1. The fraction of sp³-hybridized carbons (Fsp3) is 0.350. The van der Waals surface area contributed by atoms with Gasteiger partial charge in [-0.25, -0.2) is 9.78 Å². The van der Waals surface area contributed by atoms with Gasteiger partial charge in [-0.2, -0.15) is 0 Å². The lowest BCUT2D eigenvalue weighted by Gasteiger charge is -2.24. The number of nitrogens with zero attached hydrogens (tertiary/aromatic N) is 2. The summed E-state index contributed by atoms with van der Waals surface area (Å²) in [6, 6.07) is 7.53. The number of carboxylic acid groups (broad SMARTS) is 1. The third-order valence-electron chi connectivity index (χ3n) is 4.73. The molecule has 0 fully saturated rings. The molecule has 0 aliphatic rings. The molecule has 1 N–H and O–H groups in total. The van der Waals surface area contributed by atoms with Gasteiger partial charge in [0.2, 0.25) is 0 Å². The number of benzene rings is 1. The number of rotatable bonds is 5. The van der Waals surface area contributed by atoms with Gasteiger partial charge < -0.3 is 9.84 Å². The molecule has 6 nitrogen and oxygen atoms in total. The van der Waals surface area contributed by atoms with Gasteiger partial charge in [-0.15, -0.1) is 11.3 Å². The molecule has 27 heavy (non-hydrogen) atoms. The summed E-state index contributed by atoms with van der Waals surface area (Å²) >= 11 is 1.48. The monoisotopic (exact) mass is 386 g/mol. The molecule has 0 bridgehead atoms. The van der Waals surface area contributed by atoms with Crippen LogP contribution >= 0.6 is 11.3 Å². The number of thiophene rings is 1. The lowest BCUT2D eigenvalue weighted by Crippen LogP contribution is -2.44. The molecule has 0 spiro atoms. The molecule has 0 unspecified atom stereocenters. The molecular weight excluding hydrogens is 364 g/mol. The second-order valence-corrected chi connectivity index (χ2v) is 7.91. The van der Waals surface area contributed by atoms with E-state index in [1.54, 1.807) is 14.0 Å². The van der Waals surface area contributed by atoms with E-state index in [9.17, 15) is 14.7 Å². The Kier molecular flexibility index (Phi) is 4.82. The Bertz CT molecular complexity index is 1100. The number of hydrogen-bond donors (Lipinski definition) is 1. The van der Waals surface area contributed by atoms with Crippen molar-refractivity contribution < 1.29 is 14.6 Å². The maximum atomic E-state index is 13.4. The maximum absolute atomic E-state index is 13.4. The topological polar surface area (TPSA) is 81.4 Å². The van der Waals surface area contributed by atoms with Gasteiger partial charge in [0, 0.05) is 10.4 Å². The standard InChI is InChI=1S/C20H22N2O4S/c1-6-14-15(12-8-7-9-13(10-12)26-5)16-17(27-14)21-11(2)22(18(16)23)20(3,4)19(24)25/h7-10H,6H2,1-5H3,(H,24,25). The highest BCUT2D eigenvalue weighted by Gasteiger charge is 2.34. The molecule has 142 valence electrons. The number of aryl methyl sites for hydroxylation is 2. The number of methoxy groups -OCH3 is 1. The van der Waals surface area contributed by atoms with E-state index in [0.29, 0.717) is 21.8 Å². The van der Waals surface area contributed by atoms with Crippen molar-refractivity contribution in [1.82, 2.24) is 9.55 Å². The average molecular weight is 386 g/mol. The molecule has 3 aromatic rings. The lowest BCUT2D eigenvalue weighted by atomic mass is 10.0. The van der Waals surface area contributed by atoms with Crippen LogP contribution in [0.5, 0.6) is 5.75 Å². The Morgan fingerprint density at radius 2 is 2.07 bits per heavy atom. The molecule has 0 saturated carbocycles. The van der Waals surface area contributed by atoms with E-state index < -0.39 is 11.5 Å². The van der Waals surface area contributed by atoms with Gasteiger partial charge in [0.1, 0.15) is 21.9 Å². The molecule has 0 radical (unpaired) electrons. The van der Waals surface area contributed by atoms with Crippen LogP contribution in [0.1, 0.15) is 31.5 Å². The molecule has 2 heterocycles. The van der Waals surface area contributed by atoms with Crippen LogP contribution in [0, 0.1) is 6.92 Å². The molecule has 3 rings (SSSR count). The summed E-state index contributed by atoms with van der Waals surface area (Å²) in [5.74, 6) is 0.00360. The van der Waals surface area contributed by atoms with Crippen LogP contribution in [-0.2, 0) is 16.8 Å². The molecule has 2 aromatic heterocycles. The summed E-state index contributed by atoms with van der Waals surface area (Å²) in [7, 11) is 1.60. The molecule has 0 aliphatic heterocycles. The first kappa shape index (κ1) is 19.1. The minimum absolute atomic E-state index is 0.335. The van der Waals surface area contributed by atoms with E-state index in [2.05, 4.69) is 4.98 Å². The van der Waals surface area contributed by atoms with Gasteiger partial charge in [-0.1, -0.05) is 19.1 Å². The summed E-state index contributed by atoms with van der Waals surface area (Å²) in [6.07, 6.45) is 0.744. The zero-order chi connectivity index (χ0) is 19.9. The van der Waals surface area contributed by atoms with E-state index in [1.807, 2.05) is 31.2 Å². The molecule has 1 aromatic carbocycles. The summed E-state index contributed by atoms with van der Waals surface area (Å²) < 4.78 is 6.60. The number of hydrogen-bond acceptors (Lipinski definition) is 5. The van der Waals surface area contributed by atoms with Crippen molar-refractivity contribution in [3.05, 3.63) is 45.3 Å². The number of aromatic nitrogens is 2.